The normalized spacial score (nSPS) is 37.9. The molecule has 0 radical (unpaired) electrons. The van der Waals surface area contributed by atoms with Crippen LogP contribution in [0, 0.1) is 0 Å². The molecule has 1 aromatic heterocycles. The molecule has 0 saturated carbocycles. The van der Waals surface area contributed by atoms with Crippen LogP contribution in [0.15, 0.2) is 12.5 Å². The number of carbonyl (C=O) groups excluding carboxylic acids is 1. The van der Waals surface area contributed by atoms with Gasteiger partial charge in [0.25, 0.3) is 0 Å². The first-order valence-electron chi connectivity index (χ1n) is 10.5. The SMILES string of the molecule is N[C@@H](Cc1c[nH]cn1)C(=O)OC[C@@]1(O[C@H]2O[C@H](CO)[C@@H](O)[C@H](O)[C@H]2O)O[C@H](CO)[C@@H](O)[C@@H]1O.[Na][Cl]. The molecule has 2 aliphatic heterocycles. The van der Waals surface area contributed by atoms with Gasteiger partial charge in [-0.2, -0.15) is 0 Å². The number of imidazole rings is 1. The summed E-state index contributed by atoms with van der Waals surface area (Å²) in [5.74, 6) is -3.30. The first-order valence-corrected chi connectivity index (χ1v) is 13.6. The van der Waals surface area contributed by atoms with E-state index in [1.807, 2.05) is 0 Å². The van der Waals surface area contributed by atoms with Crippen LogP contribution in [0.2, 0.25) is 0 Å². The number of aliphatic hydroxyl groups excluding tert-OH is 7. The molecule has 10 atom stereocenters. The number of halogens is 1. The van der Waals surface area contributed by atoms with Crippen molar-refractivity contribution in [2.24, 2.45) is 5.73 Å². The zero-order chi connectivity index (χ0) is 26.3. The van der Waals surface area contributed by atoms with Gasteiger partial charge in [-0.3, -0.25) is 4.79 Å². The third-order valence-electron chi connectivity index (χ3n) is 5.55. The number of hydrogen-bond acceptors (Lipinski definition) is 14. The van der Waals surface area contributed by atoms with Gasteiger partial charge < -0.3 is 65.4 Å². The number of aromatic amines is 1. The van der Waals surface area contributed by atoms with E-state index in [2.05, 4.69) is 9.97 Å². The van der Waals surface area contributed by atoms with E-state index in [1.165, 1.54) is 12.5 Å². The Morgan fingerprint density at radius 2 is 1.80 bits per heavy atom. The van der Waals surface area contributed by atoms with Crippen LogP contribution in [0.5, 0.6) is 0 Å². The fraction of sp³-hybridized carbons (Fsp3) is 0.778. The Kier molecular flexibility index (Phi) is 12.2. The van der Waals surface area contributed by atoms with Gasteiger partial charge in [-0.15, -0.1) is 0 Å². The van der Waals surface area contributed by atoms with Crippen LogP contribution in [0.3, 0.4) is 0 Å². The van der Waals surface area contributed by atoms with Crippen molar-refractivity contribution in [2.45, 2.75) is 67.3 Å². The monoisotopic (exact) mass is 537 g/mol. The molecule has 0 bridgehead atoms. The average Bonchev–Trinajstić information content (AvgIpc) is 3.46. The van der Waals surface area contributed by atoms with Crippen molar-refractivity contribution < 1.29 is 59.5 Å². The summed E-state index contributed by atoms with van der Waals surface area (Å²) < 4.78 is 21.3. The summed E-state index contributed by atoms with van der Waals surface area (Å²) in [5.41, 5.74) is 6.30. The van der Waals surface area contributed by atoms with Gasteiger partial charge >= 0.3 is 40.5 Å². The number of aliphatic hydroxyl groups is 7. The number of nitrogens with two attached hydrogens (primary N) is 1. The van der Waals surface area contributed by atoms with E-state index in [0.717, 1.165) is 26.6 Å². The van der Waals surface area contributed by atoms with E-state index in [0.29, 0.717) is 5.69 Å². The minimum absolute atomic E-state index is 0.0220. The number of rotatable bonds is 9. The molecule has 3 rings (SSSR count). The van der Waals surface area contributed by atoms with Crippen LogP contribution in [-0.4, -0.2) is 159 Å². The summed E-state index contributed by atoms with van der Waals surface area (Å²) in [5, 5.41) is 69.7. The van der Waals surface area contributed by atoms with Crippen molar-refractivity contribution in [2.75, 3.05) is 19.8 Å². The first kappa shape index (κ1) is 30.8. The van der Waals surface area contributed by atoms with Crippen molar-refractivity contribution in [3.8, 4) is 0 Å². The zero-order valence-electron chi connectivity index (χ0n) is 18.8. The van der Waals surface area contributed by atoms with Crippen LogP contribution >= 0.6 is 7.91 Å². The molecule has 2 saturated heterocycles. The summed E-state index contributed by atoms with van der Waals surface area (Å²) >= 11 is 0.778. The zero-order valence-corrected chi connectivity index (χ0v) is 21.5. The molecule has 10 N–H and O–H groups in total. The molecule has 17 heteroatoms. The number of aromatic nitrogens is 2. The van der Waals surface area contributed by atoms with Crippen LogP contribution in [-0.2, 0) is 30.2 Å². The Balaban J connectivity index is 0.00000210. The van der Waals surface area contributed by atoms with Gasteiger partial charge in [0.2, 0.25) is 5.79 Å². The van der Waals surface area contributed by atoms with Gasteiger partial charge in [-0.1, -0.05) is 0 Å². The summed E-state index contributed by atoms with van der Waals surface area (Å²) in [7, 11) is 4.78. The van der Waals surface area contributed by atoms with E-state index >= 15 is 0 Å². The van der Waals surface area contributed by atoms with Crippen molar-refractivity contribution in [1.29, 1.82) is 0 Å². The molecule has 0 spiro atoms. The maximum atomic E-state index is 12.4. The molecule has 15 nitrogen and oxygen atoms in total. The van der Waals surface area contributed by atoms with Gasteiger partial charge in [-0.25, -0.2) is 4.98 Å². The Labute approximate surface area is 220 Å². The van der Waals surface area contributed by atoms with Crippen LogP contribution in [0.25, 0.3) is 0 Å². The summed E-state index contributed by atoms with van der Waals surface area (Å²) in [6.07, 6.45) is -10.5. The Bertz CT molecular complexity index is 780. The molecular formula is C18H29ClN3NaO12. The van der Waals surface area contributed by atoms with E-state index in [-0.39, 0.29) is 6.42 Å². The number of H-pyrrole nitrogens is 1. The van der Waals surface area contributed by atoms with Crippen molar-refractivity contribution in [3.63, 3.8) is 0 Å². The van der Waals surface area contributed by atoms with Crippen molar-refractivity contribution in [1.82, 2.24) is 9.97 Å². The molecule has 196 valence electrons. The molecule has 1 aromatic rings. The molecule has 0 amide bonds. The predicted octanol–water partition coefficient (Wildman–Crippen LogP) is -5.24. The van der Waals surface area contributed by atoms with Crippen molar-refractivity contribution >= 4 is 40.5 Å². The average molecular weight is 538 g/mol. The second-order valence-corrected chi connectivity index (χ2v) is 7.88. The van der Waals surface area contributed by atoms with E-state index in [1.54, 1.807) is 0 Å². The standard InChI is InChI=1S/C18H29N3O12.ClH.Na/c19-8(1-7-2-20-6-21-7)16(29)30-5-18(15(28)12(25)10(4-23)32-18)33-17-14(27)13(26)11(24)9(3-22)31-17;;/h2,6,8-15,17,22-28H,1,3-5,19H2,(H,20,21);1H;/q;;+1/p-1/t8-,9+,10+,11+,12+,13-,14+,15-,17+,18-;;/m0../s1. The second-order valence-electron chi connectivity index (χ2n) is 7.88. The second kappa shape index (κ2) is 13.9. The molecule has 0 unspecified atom stereocenters. The quantitative estimate of drug-likeness (QED) is 0.105. The molecule has 35 heavy (non-hydrogen) atoms. The fourth-order valence-electron chi connectivity index (χ4n) is 3.61. The summed E-state index contributed by atoms with van der Waals surface area (Å²) in [4.78, 5) is 19.0. The van der Waals surface area contributed by atoms with Crippen LogP contribution < -0.4 is 5.73 Å². The van der Waals surface area contributed by atoms with Gasteiger partial charge in [-0.05, 0) is 0 Å². The third kappa shape index (κ3) is 7.10. The minimum atomic E-state index is -2.36. The number of hydrogen-bond donors (Lipinski definition) is 9. The molecule has 0 aromatic carbocycles. The molecule has 3 heterocycles. The Morgan fingerprint density at radius 1 is 1.14 bits per heavy atom. The predicted molar refractivity (Wildman–Crippen MR) is 114 cm³/mol. The Morgan fingerprint density at radius 3 is 2.34 bits per heavy atom. The summed E-state index contributed by atoms with van der Waals surface area (Å²) in [6, 6.07) is -1.16. The summed E-state index contributed by atoms with van der Waals surface area (Å²) in [6.45, 7) is -2.35. The molecule has 0 aliphatic carbocycles. The first-order chi connectivity index (χ1) is 16.6. The van der Waals surface area contributed by atoms with Crippen LogP contribution in [0.4, 0.5) is 0 Å². The molecule has 2 fully saturated rings. The number of carbonyl (C=O) groups is 1. The molecule has 2 aliphatic rings. The Hall–Kier alpha value is -0.470. The number of nitrogens with one attached hydrogen (secondary N) is 1. The van der Waals surface area contributed by atoms with E-state index < -0.39 is 86.6 Å². The number of esters is 1. The van der Waals surface area contributed by atoms with Gasteiger partial charge in [0.1, 0.15) is 55.4 Å². The van der Waals surface area contributed by atoms with Gasteiger partial charge in [0.05, 0.1) is 25.2 Å². The topological polar surface area (TPSA) is 250 Å². The van der Waals surface area contributed by atoms with Gasteiger partial charge in [0, 0.05) is 12.6 Å². The fourth-order valence-corrected chi connectivity index (χ4v) is 3.61. The van der Waals surface area contributed by atoms with Crippen molar-refractivity contribution in [3.05, 3.63) is 18.2 Å². The van der Waals surface area contributed by atoms with E-state index in [4.69, 9.17) is 32.6 Å². The molecular weight excluding hydrogens is 509 g/mol. The van der Waals surface area contributed by atoms with Crippen LogP contribution in [0.1, 0.15) is 5.69 Å². The van der Waals surface area contributed by atoms with Gasteiger partial charge in [0.15, 0.2) is 6.29 Å². The van der Waals surface area contributed by atoms with E-state index in [9.17, 15) is 40.5 Å². The third-order valence-corrected chi connectivity index (χ3v) is 5.55. The maximum absolute atomic E-state index is 12.4. The number of nitrogens with zero attached hydrogens (tertiary/aromatic N) is 1. The number of ether oxygens (including phenoxy) is 4.